The molecule has 0 aromatic heterocycles. The second kappa shape index (κ2) is 70.5. The van der Waals surface area contributed by atoms with Gasteiger partial charge in [0.05, 0.1) is 26.4 Å². The normalized spacial score (nSPS) is 13.9. The Morgan fingerprint density at radius 3 is 0.621 bits per heavy atom. The third kappa shape index (κ3) is 70.3. The van der Waals surface area contributed by atoms with E-state index >= 15 is 0 Å². The molecule has 5 atom stereocenters. The Morgan fingerprint density at radius 2 is 0.421 bits per heavy atom. The molecule has 0 spiro atoms. The third-order valence-electron chi connectivity index (χ3n) is 17.9. The van der Waals surface area contributed by atoms with Crippen LogP contribution >= 0.6 is 15.6 Å². The average molecular weight is 1400 g/mol. The Bertz CT molecular complexity index is 1810. The zero-order valence-corrected chi connectivity index (χ0v) is 63.4. The summed E-state index contributed by atoms with van der Waals surface area (Å²) in [7, 11) is -9.90. The lowest BCUT2D eigenvalue weighted by Gasteiger charge is -2.21. The van der Waals surface area contributed by atoms with E-state index in [-0.39, 0.29) is 25.7 Å². The van der Waals surface area contributed by atoms with Gasteiger partial charge in [-0.05, 0) is 25.7 Å². The molecule has 564 valence electrons. The van der Waals surface area contributed by atoms with E-state index in [0.29, 0.717) is 25.7 Å². The molecule has 0 aliphatic carbocycles. The molecule has 0 aromatic rings. The summed E-state index contributed by atoms with van der Waals surface area (Å²) in [5.41, 5.74) is 0. The van der Waals surface area contributed by atoms with Gasteiger partial charge >= 0.3 is 39.5 Å². The van der Waals surface area contributed by atoms with Crippen LogP contribution in [0.1, 0.15) is 407 Å². The van der Waals surface area contributed by atoms with Crippen LogP contribution in [0.3, 0.4) is 0 Å². The second-order valence-corrected chi connectivity index (χ2v) is 30.3. The zero-order chi connectivity index (χ0) is 69.7. The van der Waals surface area contributed by atoms with Gasteiger partial charge in [0.1, 0.15) is 19.3 Å². The van der Waals surface area contributed by atoms with E-state index in [4.69, 9.17) is 37.0 Å². The predicted octanol–water partition coefficient (Wildman–Crippen LogP) is 22.6. The average Bonchev–Trinajstić information content (AvgIpc) is 1.59. The van der Waals surface area contributed by atoms with Crippen molar-refractivity contribution in [2.24, 2.45) is 0 Å². The van der Waals surface area contributed by atoms with Crippen molar-refractivity contribution >= 4 is 39.5 Å². The van der Waals surface area contributed by atoms with Crippen LogP contribution in [0.5, 0.6) is 0 Å². The highest BCUT2D eigenvalue weighted by molar-refractivity contribution is 7.47. The molecule has 0 aliphatic heterocycles. The SMILES string of the molecule is CCCCCCCCCCCCCCCCCCCCCCC(=O)O[C@H](COC(=O)CCCCCCCCCCCCCCCC)COP(=O)(O)OC[C@@H](O)COP(=O)(O)OC[C@@H](COC(=O)CCCCCCCCCCC)OC(=O)CCCCCCCCCCCCCC. The molecule has 3 N–H and O–H groups in total. The molecule has 2 unspecified atom stereocenters. The van der Waals surface area contributed by atoms with E-state index in [1.165, 1.54) is 238 Å². The molecule has 17 nitrogen and oxygen atoms in total. The van der Waals surface area contributed by atoms with Crippen molar-refractivity contribution < 1.29 is 80.2 Å². The number of hydrogen-bond acceptors (Lipinski definition) is 15. The largest absolute Gasteiger partial charge is 0.472 e. The van der Waals surface area contributed by atoms with Crippen molar-refractivity contribution in [3.8, 4) is 0 Å². The fraction of sp³-hybridized carbons (Fsp3) is 0.947. The van der Waals surface area contributed by atoms with Crippen molar-refractivity contribution in [2.45, 2.75) is 425 Å². The topological polar surface area (TPSA) is 237 Å². The maximum atomic E-state index is 13.1. The number of aliphatic hydroxyl groups is 1. The Hall–Kier alpha value is -1.94. The van der Waals surface area contributed by atoms with Crippen LogP contribution in [-0.2, 0) is 65.4 Å². The van der Waals surface area contributed by atoms with Crippen LogP contribution < -0.4 is 0 Å². The number of phosphoric ester groups is 2. The van der Waals surface area contributed by atoms with Crippen LogP contribution in [0.4, 0.5) is 0 Å². The van der Waals surface area contributed by atoms with Crippen molar-refractivity contribution in [1.29, 1.82) is 0 Å². The van der Waals surface area contributed by atoms with Gasteiger partial charge in [-0.2, -0.15) is 0 Å². The van der Waals surface area contributed by atoms with Gasteiger partial charge in [-0.25, -0.2) is 9.13 Å². The Balaban J connectivity index is 5.20. The monoisotopic (exact) mass is 1400 g/mol. The van der Waals surface area contributed by atoms with Gasteiger partial charge in [0.15, 0.2) is 12.2 Å². The lowest BCUT2D eigenvalue weighted by molar-refractivity contribution is -0.161. The fourth-order valence-corrected chi connectivity index (χ4v) is 13.3. The number of rotatable bonds is 77. The summed E-state index contributed by atoms with van der Waals surface area (Å²) in [6.45, 7) is 4.98. The van der Waals surface area contributed by atoms with E-state index in [1.54, 1.807) is 0 Å². The smallest absolute Gasteiger partial charge is 0.462 e. The van der Waals surface area contributed by atoms with Gasteiger partial charge in [-0.1, -0.05) is 355 Å². The highest BCUT2D eigenvalue weighted by Gasteiger charge is 2.30. The number of hydrogen-bond donors (Lipinski definition) is 3. The van der Waals surface area contributed by atoms with Crippen molar-refractivity contribution in [2.75, 3.05) is 39.6 Å². The molecule has 0 aliphatic rings. The Morgan fingerprint density at radius 1 is 0.253 bits per heavy atom. The molecule has 0 aromatic carbocycles. The highest BCUT2D eigenvalue weighted by atomic mass is 31.2. The first kappa shape index (κ1) is 93.1. The summed E-state index contributed by atoms with van der Waals surface area (Å²) in [6, 6.07) is 0. The maximum Gasteiger partial charge on any atom is 0.472 e. The van der Waals surface area contributed by atoms with Crippen LogP contribution in [0.25, 0.3) is 0 Å². The first-order valence-corrected chi connectivity index (χ1v) is 42.8. The fourth-order valence-electron chi connectivity index (χ4n) is 11.8. The number of ether oxygens (including phenoxy) is 4. The number of unbranched alkanes of at least 4 members (excludes halogenated alkanes) is 51. The molecule has 0 saturated carbocycles. The minimum atomic E-state index is -4.96. The predicted molar refractivity (Wildman–Crippen MR) is 386 cm³/mol. The molecule has 0 rings (SSSR count). The van der Waals surface area contributed by atoms with E-state index in [2.05, 4.69) is 27.7 Å². The van der Waals surface area contributed by atoms with E-state index < -0.39 is 97.5 Å². The van der Waals surface area contributed by atoms with Crippen LogP contribution in [0.15, 0.2) is 0 Å². The molecule has 0 bridgehead atoms. The van der Waals surface area contributed by atoms with Gasteiger partial charge in [0, 0.05) is 25.7 Å². The lowest BCUT2D eigenvalue weighted by Crippen LogP contribution is -2.30. The Kier molecular flexibility index (Phi) is 69.1. The van der Waals surface area contributed by atoms with Crippen LogP contribution in [0, 0.1) is 0 Å². The van der Waals surface area contributed by atoms with Gasteiger partial charge in [-0.3, -0.25) is 37.3 Å². The first-order valence-electron chi connectivity index (χ1n) is 39.8. The van der Waals surface area contributed by atoms with E-state index in [0.717, 1.165) is 89.9 Å². The quantitative estimate of drug-likeness (QED) is 0.0222. The summed E-state index contributed by atoms with van der Waals surface area (Å²) < 4.78 is 68.5. The molecule has 19 heteroatoms. The summed E-state index contributed by atoms with van der Waals surface area (Å²) in [5, 5.41) is 10.6. The number of carbonyl (C=O) groups is 4. The van der Waals surface area contributed by atoms with Crippen molar-refractivity contribution in [1.82, 2.24) is 0 Å². The molecule has 0 saturated heterocycles. The highest BCUT2D eigenvalue weighted by Crippen LogP contribution is 2.45. The van der Waals surface area contributed by atoms with Crippen molar-refractivity contribution in [3.05, 3.63) is 0 Å². The number of esters is 4. The summed E-state index contributed by atoms with van der Waals surface area (Å²) in [6.07, 6.45) is 61.0. The van der Waals surface area contributed by atoms with Gasteiger partial charge in [0.25, 0.3) is 0 Å². The van der Waals surface area contributed by atoms with Gasteiger partial charge in [-0.15, -0.1) is 0 Å². The molecule has 0 heterocycles. The van der Waals surface area contributed by atoms with Gasteiger partial charge in [0.2, 0.25) is 0 Å². The molecule has 0 amide bonds. The van der Waals surface area contributed by atoms with Crippen LogP contribution in [-0.4, -0.2) is 96.7 Å². The summed E-state index contributed by atoms with van der Waals surface area (Å²) in [4.78, 5) is 72.7. The van der Waals surface area contributed by atoms with Crippen LogP contribution in [0.2, 0.25) is 0 Å². The lowest BCUT2D eigenvalue weighted by atomic mass is 10.0. The van der Waals surface area contributed by atoms with Crippen molar-refractivity contribution in [3.63, 3.8) is 0 Å². The standard InChI is InChI=1S/C76H148O17P2/c1-5-9-13-17-21-25-28-31-33-34-35-36-37-38-40-43-47-51-55-59-63-76(81)93-72(67-87-74(79)61-57-53-49-45-42-39-32-29-26-22-18-14-10-6-2)69-91-95(84,85)89-65-70(77)64-88-94(82,83)90-68-71(66-86-73(78)60-56-52-48-44-24-20-16-12-8-4)92-75(80)62-58-54-50-46-41-30-27-23-19-15-11-7-3/h70-72,77H,5-69H2,1-4H3,(H,82,83)(H,84,85)/t70-,71+,72+/m0/s1. The van der Waals surface area contributed by atoms with E-state index in [1.807, 2.05) is 0 Å². The summed E-state index contributed by atoms with van der Waals surface area (Å²) >= 11 is 0. The first-order chi connectivity index (χ1) is 46.2. The third-order valence-corrected chi connectivity index (χ3v) is 19.8. The van der Waals surface area contributed by atoms with E-state index in [9.17, 15) is 43.2 Å². The Labute approximate surface area is 581 Å². The molecule has 0 radical (unpaired) electrons. The number of aliphatic hydroxyl groups excluding tert-OH is 1. The molecule has 0 fully saturated rings. The minimum Gasteiger partial charge on any atom is -0.462 e. The number of phosphoric acid groups is 2. The summed E-state index contributed by atoms with van der Waals surface area (Å²) in [5.74, 6) is -2.11. The molecular formula is C76H148O17P2. The molecule has 95 heavy (non-hydrogen) atoms. The maximum absolute atomic E-state index is 13.1. The second-order valence-electron chi connectivity index (χ2n) is 27.4. The molecular weight excluding hydrogens is 1250 g/mol. The zero-order valence-electron chi connectivity index (χ0n) is 61.6. The number of carbonyl (C=O) groups excluding carboxylic acids is 4. The van der Waals surface area contributed by atoms with Gasteiger partial charge < -0.3 is 33.8 Å². The minimum absolute atomic E-state index is 0.108.